The predicted octanol–water partition coefficient (Wildman–Crippen LogP) is 2.60. The van der Waals surface area contributed by atoms with E-state index < -0.39 is 0 Å². The number of benzene rings is 2. The van der Waals surface area contributed by atoms with E-state index >= 15 is 0 Å². The van der Waals surface area contributed by atoms with Gasteiger partial charge >= 0.3 is 0 Å². The Bertz CT molecular complexity index is 858. The molecule has 1 aliphatic rings. The Kier molecular flexibility index (Phi) is 4.48. The lowest BCUT2D eigenvalue weighted by molar-refractivity contribution is -0.134. The SMILES string of the molecule is O=C(CCn1ncc2ccccc21)N1CCNC[C@@H]1c1ccccc1. The minimum Gasteiger partial charge on any atom is -0.333 e. The van der Waals surface area contributed by atoms with Crippen LogP contribution in [0, 0.1) is 0 Å². The van der Waals surface area contributed by atoms with Crippen LogP contribution in [-0.4, -0.2) is 40.2 Å². The minimum absolute atomic E-state index is 0.108. The summed E-state index contributed by atoms with van der Waals surface area (Å²) >= 11 is 0. The molecule has 4 rings (SSSR count). The smallest absolute Gasteiger partial charge is 0.225 e. The van der Waals surface area contributed by atoms with Gasteiger partial charge in [-0.3, -0.25) is 9.48 Å². The maximum atomic E-state index is 12.9. The Labute approximate surface area is 147 Å². The fraction of sp³-hybridized carbons (Fsp3) is 0.300. The van der Waals surface area contributed by atoms with E-state index in [-0.39, 0.29) is 11.9 Å². The molecule has 2 aromatic carbocycles. The first-order chi connectivity index (χ1) is 12.3. The molecule has 1 aromatic heterocycles. The average Bonchev–Trinajstić information content (AvgIpc) is 3.10. The number of nitrogens with one attached hydrogen (secondary N) is 1. The topological polar surface area (TPSA) is 50.2 Å². The molecule has 1 amide bonds. The molecule has 0 saturated carbocycles. The molecule has 1 saturated heterocycles. The van der Waals surface area contributed by atoms with Crippen LogP contribution in [0.4, 0.5) is 0 Å². The normalized spacial score (nSPS) is 17.8. The van der Waals surface area contributed by atoms with Gasteiger partial charge in [-0.2, -0.15) is 5.10 Å². The van der Waals surface area contributed by atoms with Crippen LogP contribution in [0.3, 0.4) is 0 Å². The zero-order chi connectivity index (χ0) is 17.1. The Balaban J connectivity index is 1.47. The molecule has 0 bridgehead atoms. The van der Waals surface area contributed by atoms with Gasteiger partial charge in [0.25, 0.3) is 0 Å². The Hall–Kier alpha value is -2.66. The van der Waals surface area contributed by atoms with Crippen molar-refractivity contribution in [3.05, 3.63) is 66.4 Å². The number of carbonyl (C=O) groups excluding carboxylic acids is 1. The average molecular weight is 334 g/mol. The minimum atomic E-state index is 0.108. The van der Waals surface area contributed by atoms with E-state index in [2.05, 4.69) is 22.5 Å². The second kappa shape index (κ2) is 7.07. The number of hydrogen-bond acceptors (Lipinski definition) is 3. The van der Waals surface area contributed by atoms with Crippen molar-refractivity contribution in [2.24, 2.45) is 0 Å². The zero-order valence-corrected chi connectivity index (χ0v) is 14.1. The van der Waals surface area contributed by atoms with Crippen LogP contribution in [-0.2, 0) is 11.3 Å². The van der Waals surface area contributed by atoms with Crippen molar-refractivity contribution in [2.45, 2.75) is 19.0 Å². The third-order valence-corrected chi connectivity index (χ3v) is 4.84. The summed E-state index contributed by atoms with van der Waals surface area (Å²) in [7, 11) is 0. The molecule has 0 aliphatic carbocycles. The van der Waals surface area contributed by atoms with E-state index in [4.69, 9.17) is 0 Å². The van der Waals surface area contributed by atoms with Gasteiger partial charge in [-0.1, -0.05) is 48.5 Å². The molecule has 1 fully saturated rings. The van der Waals surface area contributed by atoms with E-state index in [1.165, 1.54) is 5.56 Å². The molecule has 0 radical (unpaired) electrons. The maximum absolute atomic E-state index is 12.9. The molecule has 0 unspecified atom stereocenters. The van der Waals surface area contributed by atoms with Crippen LogP contribution >= 0.6 is 0 Å². The molecule has 5 nitrogen and oxygen atoms in total. The highest BCUT2D eigenvalue weighted by molar-refractivity contribution is 5.79. The molecule has 3 aromatic rings. The number of amides is 1. The van der Waals surface area contributed by atoms with Crippen LogP contribution in [0.25, 0.3) is 10.9 Å². The van der Waals surface area contributed by atoms with Crippen molar-refractivity contribution >= 4 is 16.8 Å². The zero-order valence-electron chi connectivity index (χ0n) is 14.1. The summed E-state index contributed by atoms with van der Waals surface area (Å²) in [5, 5.41) is 8.93. The number of carbonyl (C=O) groups is 1. The molecule has 2 heterocycles. The van der Waals surface area contributed by atoms with E-state index in [9.17, 15) is 4.79 Å². The van der Waals surface area contributed by atoms with Crippen LogP contribution in [0.15, 0.2) is 60.8 Å². The lowest BCUT2D eigenvalue weighted by Gasteiger charge is -2.36. The molecule has 1 atom stereocenters. The van der Waals surface area contributed by atoms with E-state index in [0.29, 0.717) is 13.0 Å². The summed E-state index contributed by atoms with van der Waals surface area (Å²) in [5.74, 6) is 0.190. The van der Waals surface area contributed by atoms with Gasteiger partial charge in [0.05, 0.1) is 24.3 Å². The quantitative estimate of drug-likeness (QED) is 0.798. The summed E-state index contributed by atoms with van der Waals surface area (Å²) in [5.41, 5.74) is 2.27. The molecule has 1 aliphatic heterocycles. The van der Waals surface area contributed by atoms with Gasteiger partial charge in [-0.15, -0.1) is 0 Å². The highest BCUT2D eigenvalue weighted by atomic mass is 16.2. The maximum Gasteiger partial charge on any atom is 0.225 e. The third-order valence-electron chi connectivity index (χ3n) is 4.84. The highest BCUT2D eigenvalue weighted by Crippen LogP contribution is 2.23. The number of piperazine rings is 1. The van der Waals surface area contributed by atoms with Gasteiger partial charge < -0.3 is 10.2 Å². The molecular weight excluding hydrogens is 312 g/mol. The lowest BCUT2D eigenvalue weighted by Crippen LogP contribution is -2.48. The van der Waals surface area contributed by atoms with E-state index in [1.807, 2.05) is 58.2 Å². The van der Waals surface area contributed by atoms with Gasteiger partial charge in [-0.05, 0) is 11.6 Å². The van der Waals surface area contributed by atoms with Gasteiger partial charge in [0, 0.05) is 31.4 Å². The van der Waals surface area contributed by atoms with Gasteiger partial charge in [0.1, 0.15) is 0 Å². The first-order valence-corrected chi connectivity index (χ1v) is 8.78. The molecule has 5 heteroatoms. The summed E-state index contributed by atoms with van der Waals surface area (Å²) in [6.45, 7) is 3.01. The monoisotopic (exact) mass is 334 g/mol. The largest absolute Gasteiger partial charge is 0.333 e. The number of hydrogen-bond donors (Lipinski definition) is 1. The second-order valence-corrected chi connectivity index (χ2v) is 6.39. The molecule has 1 N–H and O–H groups in total. The van der Waals surface area contributed by atoms with Crippen molar-refractivity contribution < 1.29 is 4.79 Å². The summed E-state index contributed by atoms with van der Waals surface area (Å²) in [6, 6.07) is 18.5. The third kappa shape index (κ3) is 3.28. The molecule has 128 valence electrons. The second-order valence-electron chi connectivity index (χ2n) is 6.39. The van der Waals surface area contributed by atoms with Crippen molar-refractivity contribution in [1.82, 2.24) is 20.0 Å². The summed E-state index contributed by atoms with van der Waals surface area (Å²) in [6.07, 6.45) is 2.33. The van der Waals surface area contributed by atoms with Crippen molar-refractivity contribution in [3.8, 4) is 0 Å². The Morgan fingerprint density at radius 2 is 1.92 bits per heavy atom. The molecule has 0 spiro atoms. The van der Waals surface area contributed by atoms with Crippen LogP contribution in [0.5, 0.6) is 0 Å². The van der Waals surface area contributed by atoms with Crippen LogP contribution in [0.1, 0.15) is 18.0 Å². The summed E-state index contributed by atoms with van der Waals surface area (Å²) < 4.78 is 1.92. The lowest BCUT2D eigenvalue weighted by atomic mass is 10.0. The Morgan fingerprint density at radius 3 is 2.80 bits per heavy atom. The van der Waals surface area contributed by atoms with E-state index in [1.54, 1.807) is 0 Å². The highest BCUT2D eigenvalue weighted by Gasteiger charge is 2.27. The number of para-hydroxylation sites is 1. The first-order valence-electron chi connectivity index (χ1n) is 8.78. The number of fused-ring (bicyclic) bond motifs is 1. The number of nitrogens with zero attached hydrogens (tertiary/aromatic N) is 3. The van der Waals surface area contributed by atoms with Crippen molar-refractivity contribution in [2.75, 3.05) is 19.6 Å². The van der Waals surface area contributed by atoms with E-state index in [0.717, 1.165) is 30.5 Å². The van der Waals surface area contributed by atoms with Gasteiger partial charge in [-0.25, -0.2) is 0 Å². The number of aryl methyl sites for hydroxylation is 1. The Morgan fingerprint density at radius 1 is 1.12 bits per heavy atom. The first kappa shape index (κ1) is 15.8. The standard InChI is InChI=1S/C20H22N4O/c25-20(10-12-24-18-9-5-4-8-17(18)14-22-24)23-13-11-21-15-19(23)16-6-2-1-3-7-16/h1-9,14,19,21H,10-13,15H2/t19-/m1/s1. The van der Waals surface area contributed by atoms with Crippen LogP contribution < -0.4 is 5.32 Å². The van der Waals surface area contributed by atoms with Crippen LogP contribution in [0.2, 0.25) is 0 Å². The molecule has 25 heavy (non-hydrogen) atoms. The van der Waals surface area contributed by atoms with Crippen molar-refractivity contribution in [3.63, 3.8) is 0 Å². The number of rotatable bonds is 4. The van der Waals surface area contributed by atoms with Crippen molar-refractivity contribution in [1.29, 1.82) is 0 Å². The summed E-state index contributed by atoms with van der Waals surface area (Å²) in [4.78, 5) is 14.9. The van der Waals surface area contributed by atoms with Gasteiger partial charge in [0.15, 0.2) is 0 Å². The van der Waals surface area contributed by atoms with Gasteiger partial charge in [0.2, 0.25) is 5.91 Å². The predicted molar refractivity (Wildman–Crippen MR) is 98.1 cm³/mol. The number of aromatic nitrogens is 2. The molecular formula is C20H22N4O. The fourth-order valence-corrected chi connectivity index (χ4v) is 3.53. The fourth-order valence-electron chi connectivity index (χ4n) is 3.53.